The molecule has 2 saturated heterocycles. The van der Waals surface area contributed by atoms with E-state index in [1.807, 2.05) is 13.8 Å². The molecule has 1 nitrogen and oxygen atoms in total. The molecule has 1 saturated carbocycles. The van der Waals surface area contributed by atoms with Crippen LogP contribution in [-0.4, -0.2) is 13.2 Å². The minimum Gasteiger partial charge on any atom is -0.380 e. The average Bonchev–Trinajstić information content (AvgIpc) is 2.06. The normalized spacial score (nSPS) is 42.0. The first-order valence-corrected chi connectivity index (χ1v) is 5.64. The highest BCUT2D eigenvalue weighted by Gasteiger charge is 2.56. The first-order valence-electron chi connectivity index (χ1n) is 5.64. The Labute approximate surface area is 82.9 Å². The highest BCUT2D eigenvalue weighted by atomic mass is 16.5. The third kappa shape index (κ3) is 1.76. The third-order valence-corrected chi connectivity index (χ3v) is 3.62. The predicted molar refractivity (Wildman–Crippen MR) is 56.8 cm³/mol. The van der Waals surface area contributed by atoms with Crippen molar-refractivity contribution in [1.82, 2.24) is 0 Å². The molecule has 2 heterocycles. The molecule has 0 aromatic rings. The van der Waals surface area contributed by atoms with Gasteiger partial charge >= 0.3 is 0 Å². The van der Waals surface area contributed by atoms with Gasteiger partial charge in [-0.15, -0.1) is 0 Å². The fourth-order valence-corrected chi connectivity index (χ4v) is 2.93. The SMILES string of the molecule is CC.CC(C)C12COCC(C)(C1)C2. The van der Waals surface area contributed by atoms with Gasteiger partial charge in [0.25, 0.3) is 0 Å². The summed E-state index contributed by atoms with van der Waals surface area (Å²) in [6.07, 6.45) is 2.80. The second-order valence-electron chi connectivity index (χ2n) is 5.17. The largest absolute Gasteiger partial charge is 0.380 e. The third-order valence-electron chi connectivity index (χ3n) is 3.62. The molecule has 3 rings (SSSR count). The Morgan fingerprint density at radius 1 is 1.08 bits per heavy atom. The summed E-state index contributed by atoms with van der Waals surface area (Å²) in [5.74, 6) is 0.802. The van der Waals surface area contributed by atoms with Crippen LogP contribution in [-0.2, 0) is 4.74 Å². The van der Waals surface area contributed by atoms with Crippen molar-refractivity contribution >= 4 is 0 Å². The Hall–Kier alpha value is -0.0400. The zero-order valence-corrected chi connectivity index (χ0v) is 9.81. The molecule has 0 unspecified atom stereocenters. The molecule has 1 aliphatic carbocycles. The van der Waals surface area contributed by atoms with Gasteiger partial charge in [0.15, 0.2) is 0 Å². The lowest BCUT2D eigenvalue weighted by Crippen LogP contribution is -2.57. The van der Waals surface area contributed by atoms with Gasteiger partial charge in [-0.3, -0.25) is 0 Å². The molecule has 78 valence electrons. The smallest absolute Gasteiger partial charge is 0.0525 e. The summed E-state index contributed by atoms with van der Waals surface area (Å²) in [5, 5.41) is 0. The molecule has 0 aromatic heterocycles. The van der Waals surface area contributed by atoms with Crippen LogP contribution in [0.2, 0.25) is 0 Å². The maximum Gasteiger partial charge on any atom is 0.0525 e. The van der Waals surface area contributed by atoms with E-state index < -0.39 is 0 Å². The lowest BCUT2D eigenvalue weighted by Gasteiger charge is -2.61. The molecule has 0 spiro atoms. The van der Waals surface area contributed by atoms with Crippen molar-refractivity contribution in [2.75, 3.05) is 13.2 Å². The molecule has 3 aliphatic rings. The van der Waals surface area contributed by atoms with Gasteiger partial charge in [-0.2, -0.15) is 0 Å². The van der Waals surface area contributed by atoms with E-state index >= 15 is 0 Å². The van der Waals surface area contributed by atoms with E-state index in [1.54, 1.807) is 0 Å². The van der Waals surface area contributed by atoms with Crippen molar-refractivity contribution in [2.45, 2.75) is 47.5 Å². The summed E-state index contributed by atoms with van der Waals surface area (Å²) in [5.41, 5.74) is 1.11. The summed E-state index contributed by atoms with van der Waals surface area (Å²) in [6, 6.07) is 0. The van der Waals surface area contributed by atoms with Crippen LogP contribution in [0.25, 0.3) is 0 Å². The van der Waals surface area contributed by atoms with Crippen molar-refractivity contribution in [3.63, 3.8) is 0 Å². The van der Waals surface area contributed by atoms with Gasteiger partial charge in [0.2, 0.25) is 0 Å². The minimum atomic E-state index is 0.544. The van der Waals surface area contributed by atoms with E-state index in [2.05, 4.69) is 20.8 Å². The van der Waals surface area contributed by atoms with E-state index in [9.17, 15) is 0 Å². The van der Waals surface area contributed by atoms with Crippen LogP contribution in [0, 0.1) is 16.7 Å². The van der Waals surface area contributed by atoms with Crippen molar-refractivity contribution in [1.29, 1.82) is 0 Å². The average molecular weight is 184 g/mol. The van der Waals surface area contributed by atoms with E-state index in [-0.39, 0.29) is 0 Å². The number of ether oxygens (including phenoxy) is 1. The highest BCUT2D eigenvalue weighted by molar-refractivity contribution is 5.05. The first kappa shape index (κ1) is 11.0. The van der Waals surface area contributed by atoms with E-state index in [0.717, 1.165) is 19.1 Å². The molecule has 1 heteroatoms. The lowest BCUT2D eigenvalue weighted by atomic mass is 9.49. The van der Waals surface area contributed by atoms with Crippen molar-refractivity contribution in [3.05, 3.63) is 0 Å². The van der Waals surface area contributed by atoms with Crippen LogP contribution in [0.1, 0.15) is 47.5 Å². The van der Waals surface area contributed by atoms with E-state index in [1.165, 1.54) is 12.8 Å². The predicted octanol–water partition coefficient (Wildman–Crippen LogP) is 3.49. The fraction of sp³-hybridized carbons (Fsp3) is 1.00. The van der Waals surface area contributed by atoms with E-state index in [0.29, 0.717) is 10.8 Å². The van der Waals surface area contributed by atoms with Gasteiger partial charge in [-0.05, 0) is 29.6 Å². The van der Waals surface area contributed by atoms with Gasteiger partial charge in [0.1, 0.15) is 0 Å². The van der Waals surface area contributed by atoms with Crippen LogP contribution in [0.5, 0.6) is 0 Å². The Balaban J connectivity index is 0.000000396. The van der Waals surface area contributed by atoms with Crippen molar-refractivity contribution in [3.8, 4) is 0 Å². The number of rotatable bonds is 1. The van der Waals surface area contributed by atoms with Crippen molar-refractivity contribution < 1.29 is 4.74 Å². The second kappa shape index (κ2) is 3.61. The zero-order chi connectivity index (χ0) is 10.1. The molecule has 0 amide bonds. The van der Waals surface area contributed by atoms with Crippen LogP contribution >= 0.6 is 0 Å². The fourth-order valence-electron chi connectivity index (χ4n) is 2.93. The maximum atomic E-state index is 5.60. The van der Waals surface area contributed by atoms with Gasteiger partial charge in [0, 0.05) is 0 Å². The molecule has 2 bridgehead atoms. The van der Waals surface area contributed by atoms with Crippen molar-refractivity contribution in [2.24, 2.45) is 16.7 Å². The standard InChI is InChI=1S/C10H18O.C2H6/c1-8(2)10-4-9(3,5-10)6-11-7-10;1-2/h8H,4-7H2,1-3H3;1-2H3. The maximum absolute atomic E-state index is 5.60. The van der Waals surface area contributed by atoms with Gasteiger partial charge in [0.05, 0.1) is 13.2 Å². The second-order valence-corrected chi connectivity index (χ2v) is 5.17. The molecule has 3 fully saturated rings. The monoisotopic (exact) mass is 184 g/mol. The highest BCUT2D eigenvalue weighted by Crippen LogP contribution is 2.61. The Bertz CT molecular complexity index is 166. The first-order chi connectivity index (χ1) is 6.06. The molecule has 0 N–H and O–H groups in total. The quantitative estimate of drug-likeness (QED) is 0.606. The van der Waals surface area contributed by atoms with Gasteiger partial charge in [-0.1, -0.05) is 34.6 Å². The molecule has 13 heavy (non-hydrogen) atoms. The Kier molecular flexibility index (Phi) is 3.06. The summed E-state index contributed by atoms with van der Waals surface area (Å²) in [6.45, 7) is 13.0. The summed E-state index contributed by atoms with van der Waals surface area (Å²) < 4.78 is 5.60. The Morgan fingerprint density at radius 2 is 1.62 bits per heavy atom. The number of hydrogen-bond acceptors (Lipinski definition) is 1. The lowest BCUT2D eigenvalue weighted by molar-refractivity contribution is -0.204. The Morgan fingerprint density at radius 3 is 1.92 bits per heavy atom. The molecule has 0 aromatic carbocycles. The summed E-state index contributed by atoms with van der Waals surface area (Å²) >= 11 is 0. The summed E-state index contributed by atoms with van der Waals surface area (Å²) in [7, 11) is 0. The summed E-state index contributed by atoms with van der Waals surface area (Å²) in [4.78, 5) is 0. The van der Waals surface area contributed by atoms with E-state index in [4.69, 9.17) is 4.74 Å². The zero-order valence-electron chi connectivity index (χ0n) is 9.81. The molecule has 2 aliphatic heterocycles. The molecular formula is C12H24O. The van der Waals surface area contributed by atoms with Gasteiger partial charge in [-0.25, -0.2) is 0 Å². The number of fused-ring (bicyclic) bond motifs is 2. The molecule has 0 radical (unpaired) electrons. The van der Waals surface area contributed by atoms with Crippen LogP contribution in [0.15, 0.2) is 0 Å². The number of hydrogen-bond donors (Lipinski definition) is 0. The van der Waals surface area contributed by atoms with Crippen LogP contribution < -0.4 is 0 Å². The molecule has 0 atom stereocenters. The topological polar surface area (TPSA) is 9.23 Å². The van der Waals surface area contributed by atoms with Gasteiger partial charge < -0.3 is 4.74 Å². The van der Waals surface area contributed by atoms with Crippen LogP contribution in [0.3, 0.4) is 0 Å². The minimum absolute atomic E-state index is 0.544. The molecular weight excluding hydrogens is 160 g/mol. The van der Waals surface area contributed by atoms with Crippen LogP contribution in [0.4, 0.5) is 0 Å².